The van der Waals surface area contributed by atoms with Crippen LogP contribution in [-0.2, 0) is 14.8 Å². The van der Waals surface area contributed by atoms with Gasteiger partial charge in [0.25, 0.3) is 16.1 Å². The third kappa shape index (κ3) is 2.34. The molecule has 0 aromatic rings. The minimum Gasteiger partial charge on any atom is -0.210 e. The minimum absolute atomic E-state index is 0.854. The van der Waals surface area contributed by atoms with E-state index in [2.05, 4.69) is 4.40 Å². The average Bonchev–Trinajstić information content (AvgIpc) is 1.86. The molecular formula is C4H4Cl3NO3S. The molecule has 0 amide bonds. The molecule has 0 fully saturated rings. The van der Waals surface area contributed by atoms with Crippen molar-refractivity contribution in [2.75, 3.05) is 0 Å². The molecule has 0 radical (unpaired) electrons. The van der Waals surface area contributed by atoms with Gasteiger partial charge in [-0.3, -0.25) is 0 Å². The predicted molar refractivity (Wildman–Crippen MR) is 46.8 cm³/mol. The van der Waals surface area contributed by atoms with E-state index in [1.54, 1.807) is 0 Å². The first-order chi connectivity index (χ1) is 5.25. The Balaban J connectivity index is 5.17. The molecule has 1 atom stereocenters. The molecular weight excluding hydrogens is 248 g/mol. The summed E-state index contributed by atoms with van der Waals surface area (Å²) in [7, 11) is -4.21. The summed E-state index contributed by atoms with van der Waals surface area (Å²) in [6.45, 7) is 1.04. The number of nitrogens with zero attached hydrogens (tertiary/aromatic N) is 1. The number of hydrogen-bond acceptors (Lipinski definition) is 3. The van der Waals surface area contributed by atoms with Crippen molar-refractivity contribution in [2.45, 2.75) is 16.0 Å². The molecule has 70 valence electrons. The van der Waals surface area contributed by atoms with Crippen LogP contribution in [0.15, 0.2) is 4.40 Å². The fraction of sp³-hybridized carbons (Fsp3) is 0.750. The summed E-state index contributed by atoms with van der Waals surface area (Å²) in [4.78, 5) is 8.29. The number of sulfonamides is 1. The van der Waals surface area contributed by atoms with E-state index in [1.165, 1.54) is 0 Å². The number of halogens is 3. The maximum Gasteiger partial charge on any atom is 0.285 e. The molecule has 4 nitrogen and oxygen atoms in total. The van der Waals surface area contributed by atoms with Gasteiger partial charge in [0, 0.05) is 0 Å². The topological polar surface area (TPSA) is 63.6 Å². The molecule has 0 spiro atoms. The van der Waals surface area contributed by atoms with Crippen LogP contribution >= 0.6 is 34.8 Å². The molecule has 0 N–H and O–H groups in total. The smallest absolute Gasteiger partial charge is 0.210 e. The number of carbonyl (C=O) groups excluding carboxylic acids is 1. The minimum atomic E-state index is -4.21. The second-order valence-electron chi connectivity index (χ2n) is 1.94. The van der Waals surface area contributed by atoms with Crippen LogP contribution in [0.2, 0.25) is 0 Å². The van der Waals surface area contributed by atoms with Crippen molar-refractivity contribution in [2.24, 2.45) is 4.40 Å². The predicted octanol–water partition coefficient (Wildman–Crippen LogP) is 1.41. The van der Waals surface area contributed by atoms with Gasteiger partial charge in [-0.15, -0.1) is 23.2 Å². The van der Waals surface area contributed by atoms with E-state index in [0.717, 1.165) is 13.0 Å². The van der Waals surface area contributed by atoms with Crippen LogP contribution in [0.25, 0.3) is 0 Å². The van der Waals surface area contributed by atoms with E-state index < -0.39 is 19.1 Å². The normalized spacial score (nSPS) is 16.8. The van der Waals surface area contributed by atoms with Crippen LogP contribution in [0.3, 0.4) is 0 Å². The molecule has 0 aromatic carbocycles. The molecule has 0 aliphatic rings. The zero-order valence-electron chi connectivity index (χ0n) is 5.79. The Hall–Kier alpha value is 0.200. The summed E-state index contributed by atoms with van der Waals surface area (Å²) in [5, 5.41) is 0. The second-order valence-corrected chi connectivity index (χ2v) is 6.03. The molecule has 0 saturated carbocycles. The summed E-state index contributed by atoms with van der Waals surface area (Å²) >= 11 is 15.9. The number of rotatable bonds is 3. The van der Waals surface area contributed by atoms with Gasteiger partial charge in [0.2, 0.25) is 0 Å². The van der Waals surface area contributed by atoms with Crippen LogP contribution in [0, 0.1) is 0 Å². The van der Waals surface area contributed by atoms with Crippen LogP contribution in [-0.4, -0.2) is 23.5 Å². The molecule has 0 aliphatic heterocycles. The van der Waals surface area contributed by atoms with Crippen molar-refractivity contribution in [3.63, 3.8) is 0 Å². The molecule has 1 unspecified atom stereocenters. The van der Waals surface area contributed by atoms with Crippen LogP contribution in [0.5, 0.6) is 0 Å². The zero-order chi connectivity index (χ0) is 9.99. The largest absolute Gasteiger partial charge is 0.285 e. The van der Waals surface area contributed by atoms with Crippen LogP contribution < -0.4 is 0 Å². The van der Waals surface area contributed by atoms with E-state index in [0.29, 0.717) is 0 Å². The van der Waals surface area contributed by atoms with Crippen molar-refractivity contribution in [3.05, 3.63) is 0 Å². The number of alkyl halides is 3. The van der Waals surface area contributed by atoms with E-state index in [4.69, 9.17) is 34.8 Å². The summed E-state index contributed by atoms with van der Waals surface area (Å²) in [6.07, 6.45) is 0.854. The Morgan fingerprint density at radius 3 is 2.17 bits per heavy atom. The first-order valence-electron chi connectivity index (χ1n) is 2.56. The van der Waals surface area contributed by atoms with E-state index in [9.17, 15) is 13.2 Å². The number of hydrogen-bond donors (Lipinski definition) is 0. The van der Waals surface area contributed by atoms with Crippen molar-refractivity contribution in [1.29, 1.82) is 0 Å². The molecule has 12 heavy (non-hydrogen) atoms. The lowest BCUT2D eigenvalue weighted by atomic mass is 10.5. The number of isocyanates is 1. The molecule has 0 rings (SSSR count). The fourth-order valence-electron chi connectivity index (χ4n) is 0.251. The summed E-state index contributed by atoms with van der Waals surface area (Å²) in [5.74, 6) is 0. The molecule has 0 bridgehead atoms. The van der Waals surface area contributed by atoms with Gasteiger partial charge in [-0.05, 0) is 6.92 Å². The molecule has 0 aliphatic carbocycles. The van der Waals surface area contributed by atoms with Gasteiger partial charge in [0.1, 0.15) is 4.84 Å². The summed E-state index contributed by atoms with van der Waals surface area (Å²) < 4.78 is 22.4. The Labute approximate surface area is 84.6 Å². The molecule has 0 aromatic heterocycles. The lowest BCUT2D eigenvalue weighted by Gasteiger charge is -2.18. The quantitative estimate of drug-likeness (QED) is 0.433. The SMILES string of the molecule is CC(Cl)(C(Cl)Cl)S(=O)(=O)N=C=O. The molecule has 0 heterocycles. The highest BCUT2D eigenvalue weighted by Gasteiger charge is 2.43. The van der Waals surface area contributed by atoms with Gasteiger partial charge in [-0.25, -0.2) is 13.2 Å². The first-order valence-corrected chi connectivity index (χ1v) is 5.25. The van der Waals surface area contributed by atoms with E-state index >= 15 is 0 Å². The Bertz CT molecular complexity index is 304. The van der Waals surface area contributed by atoms with Crippen molar-refractivity contribution in [1.82, 2.24) is 0 Å². The standard InChI is InChI=1S/C4H4Cl3NO3S/c1-4(7,3(5)6)12(10,11)8-2-9/h3H,1H3. The molecule has 8 heteroatoms. The van der Waals surface area contributed by atoms with Gasteiger partial charge in [0.05, 0.1) is 0 Å². The monoisotopic (exact) mass is 251 g/mol. The zero-order valence-corrected chi connectivity index (χ0v) is 8.88. The van der Waals surface area contributed by atoms with Crippen LogP contribution in [0.4, 0.5) is 0 Å². The maximum absolute atomic E-state index is 11.0. The third-order valence-corrected chi connectivity index (χ3v) is 4.77. The fourth-order valence-corrected chi connectivity index (χ4v) is 1.53. The van der Waals surface area contributed by atoms with Gasteiger partial charge in [0.15, 0.2) is 4.21 Å². The lowest BCUT2D eigenvalue weighted by molar-refractivity contribution is 0.561. The summed E-state index contributed by atoms with van der Waals surface area (Å²) in [5.41, 5.74) is 0. The Kier molecular flexibility index (Phi) is 4.00. The lowest BCUT2D eigenvalue weighted by Crippen LogP contribution is -2.34. The summed E-state index contributed by atoms with van der Waals surface area (Å²) in [6, 6.07) is 0. The average molecular weight is 253 g/mol. The second kappa shape index (κ2) is 3.94. The van der Waals surface area contributed by atoms with E-state index in [-0.39, 0.29) is 0 Å². The highest BCUT2D eigenvalue weighted by atomic mass is 35.5. The van der Waals surface area contributed by atoms with Crippen LogP contribution in [0.1, 0.15) is 6.92 Å². The van der Waals surface area contributed by atoms with Crippen molar-refractivity contribution >= 4 is 50.9 Å². The van der Waals surface area contributed by atoms with Crippen molar-refractivity contribution in [3.8, 4) is 0 Å². The molecule has 0 saturated heterocycles. The maximum atomic E-state index is 11.0. The van der Waals surface area contributed by atoms with Gasteiger partial charge in [-0.1, -0.05) is 16.0 Å². The van der Waals surface area contributed by atoms with Gasteiger partial charge in [-0.2, -0.15) is 0 Å². The third-order valence-electron chi connectivity index (χ3n) is 1.05. The van der Waals surface area contributed by atoms with Crippen molar-refractivity contribution < 1.29 is 13.2 Å². The highest BCUT2D eigenvalue weighted by Crippen LogP contribution is 2.33. The van der Waals surface area contributed by atoms with Gasteiger partial charge < -0.3 is 0 Å². The van der Waals surface area contributed by atoms with E-state index in [1.807, 2.05) is 0 Å². The van der Waals surface area contributed by atoms with Gasteiger partial charge >= 0.3 is 0 Å². The Morgan fingerprint density at radius 1 is 1.50 bits per heavy atom. The first kappa shape index (κ1) is 12.2. The highest BCUT2D eigenvalue weighted by molar-refractivity contribution is 7.93. The Morgan fingerprint density at radius 2 is 1.92 bits per heavy atom.